The molecule has 6 heteroatoms. The van der Waals surface area contributed by atoms with Crippen LogP contribution < -0.4 is 10.1 Å². The van der Waals surface area contributed by atoms with Crippen LogP contribution in [-0.4, -0.2) is 19.2 Å². The maximum atomic E-state index is 13.4. The van der Waals surface area contributed by atoms with Crippen molar-refractivity contribution in [2.45, 2.75) is 40.0 Å². The van der Waals surface area contributed by atoms with Crippen LogP contribution in [0.3, 0.4) is 0 Å². The van der Waals surface area contributed by atoms with E-state index in [1.165, 1.54) is 4.88 Å². The first-order valence-corrected chi connectivity index (χ1v) is 12.3. The lowest BCUT2D eigenvalue weighted by molar-refractivity contribution is 0.102. The van der Waals surface area contributed by atoms with E-state index < -0.39 is 0 Å². The number of anilines is 1. The topological polar surface area (TPSA) is 50.7 Å². The zero-order valence-electron chi connectivity index (χ0n) is 19.4. The van der Waals surface area contributed by atoms with Crippen LogP contribution >= 0.6 is 22.9 Å². The highest BCUT2D eigenvalue weighted by atomic mass is 35.5. The van der Waals surface area contributed by atoms with Crippen LogP contribution in [0.1, 0.15) is 53.6 Å². The van der Waals surface area contributed by atoms with Crippen LogP contribution in [-0.2, 0) is 12.8 Å². The Balaban J connectivity index is 1.70. The fourth-order valence-corrected chi connectivity index (χ4v) is 5.71. The van der Waals surface area contributed by atoms with E-state index in [1.54, 1.807) is 36.8 Å². The standard InChI is InChI=1S/C27H29ClN2O2S/c1-27(2,3)18-11-12-22-23(14-18)33-26(29-16-17-7-5-10-21(13-17)32-4)24(22)25(31)30-20-9-6-8-19(28)15-20/h5-10,13,15-16,18H,11-12,14H2,1-4H3,(H,30,31)/t18-/m1/s1. The number of nitrogens with zero attached hydrogens (tertiary/aromatic N) is 1. The Kier molecular flexibility index (Phi) is 6.91. The molecule has 4 nitrogen and oxygen atoms in total. The fraction of sp³-hybridized carbons (Fsp3) is 0.333. The molecule has 172 valence electrons. The summed E-state index contributed by atoms with van der Waals surface area (Å²) in [6.07, 6.45) is 4.75. The van der Waals surface area contributed by atoms with E-state index >= 15 is 0 Å². The first-order valence-electron chi connectivity index (χ1n) is 11.1. The van der Waals surface area contributed by atoms with Gasteiger partial charge < -0.3 is 10.1 Å². The molecule has 2 aromatic carbocycles. The number of ether oxygens (including phenoxy) is 1. The van der Waals surface area contributed by atoms with Gasteiger partial charge in [0.05, 0.1) is 12.7 Å². The molecule has 0 aliphatic heterocycles. The number of halogens is 1. The molecular formula is C27H29ClN2O2S. The lowest BCUT2D eigenvalue weighted by Gasteiger charge is -2.33. The van der Waals surface area contributed by atoms with Crippen LogP contribution in [0.2, 0.25) is 5.02 Å². The minimum absolute atomic E-state index is 0.137. The van der Waals surface area contributed by atoms with Gasteiger partial charge in [0.15, 0.2) is 0 Å². The molecule has 1 aliphatic rings. The molecule has 0 bridgehead atoms. The van der Waals surface area contributed by atoms with Crippen molar-refractivity contribution in [3.8, 4) is 5.75 Å². The minimum atomic E-state index is -0.137. The Morgan fingerprint density at radius 2 is 2.00 bits per heavy atom. The molecule has 0 spiro atoms. The van der Waals surface area contributed by atoms with E-state index in [1.807, 2.05) is 36.4 Å². The zero-order valence-corrected chi connectivity index (χ0v) is 21.0. The van der Waals surface area contributed by atoms with E-state index in [4.69, 9.17) is 21.3 Å². The lowest BCUT2D eigenvalue weighted by atomic mass is 9.72. The Hall–Kier alpha value is -2.63. The smallest absolute Gasteiger partial charge is 0.259 e. The highest BCUT2D eigenvalue weighted by molar-refractivity contribution is 7.16. The summed E-state index contributed by atoms with van der Waals surface area (Å²) in [5.74, 6) is 1.22. The molecule has 0 unspecified atom stereocenters. The van der Waals surface area contributed by atoms with E-state index in [0.717, 1.165) is 41.1 Å². The Bertz CT molecular complexity index is 1190. The molecule has 1 aliphatic carbocycles. The largest absolute Gasteiger partial charge is 0.497 e. The molecule has 1 N–H and O–H groups in total. The lowest BCUT2D eigenvalue weighted by Crippen LogP contribution is -2.27. The number of hydrogen-bond donors (Lipinski definition) is 1. The molecule has 4 rings (SSSR count). The number of aliphatic imine (C=N–C) groups is 1. The molecule has 33 heavy (non-hydrogen) atoms. The number of carbonyl (C=O) groups is 1. The third-order valence-corrected chi connectivity index (χ3v) is 7.60. The molecule has 1 aromatic heterocycles. The average molecular weight is 481 g/mol. The Morgan fingerprint density at radius 1 is 1.21 bits per heavy atom. The van der Waals surface area contributed by atoms with E-state index in [2.05, 4.69) is 26.1 Å². The summed E-state index contributed by atoms with van der Waals surface area (Å²) < 4.78 is 5.32. The number of rotatable bonds is 5. The zero-order chi connectivity index (χ0) is 23.6. The average Bonchev–Trinajstić information content (AvgIpc) is 3.15. The Morgan fingerprint density at radius 3 is 2.73 bits per heavy atom. The van der Waals surface area contributed by atoms with Crippen LogP contribution in [0, 0.1) is 11.3 Å². The summed E-state index contributed by atoms with van der Waals surface area (Å²) in [6.45, 7) is 6.89. The summed E-state index contributed by atoms with van der Waals surface area (Å²) in [4.78, 5) is 19.5. The SMILES string of the molecule is COc1cccc(C=Nc2sc3c(c2C(=O)Nc2cccc(Cl)c2)CC[C@@H](C(C)(C)C)C3)c1. The normalized spacial score (nSPS) is 16.0. The summed E-state index contributed by atoms with van der Waals surface area (Å²) in [7, 11) is 1.65. The number of thiophene rings is 1. The molecule has 0 radical (unpaired) electrons. The molecule has 1 amide bonds. The van der Waals surface area contributed by atoms with Gasteiger partial charge in [0.2, 0.25) is 0 Å². The second kappa shape index (κ2) is 9.70. The van der Waals surface area contributed by atoms with E-state index in [0.29, 0.717) is 22.2 Å². The highest BCUT2D eigenvalue weighted by Gasteiger charge is 2.33. The molecule has 0 saturated carbocycles. The maximum absolute atomic E-state index is 13.4. The second-order valence-electron chi connectivity index (χ2n) is 9.49. The molecule has 0 saturated heterocycles. The van der Waals surface area contributed by atoms with Crippen molar-refractivity contribution in [1.82, 2.24) is 0 Å². The highest BCUT2D eigenvalue weighted by Crippen LogP contribution is 2.45. The molecule has 0 fully saturated rings. The molecular weight excluding hydrogens is 452 g/mol. The van der Waals surface area contributed by atoms with Gasteiger partial charge in [-0.3, -0.25) is 4.79 Å². The molecule has 1 heterocycles. The number of hydrogen-bond acceptors (Lipinski definition) is 4. The number of methoxy groups -OCH3 is 1. The van der Waals surface area contributed by atoms with Gasteiger partial charge in [-0.25, -0.2) is 4.99 Å². The van der Waals surface area contributed by atoms with Gasteiger partial charge in [-0.2, -0.15) is 0 Å². The van der Waals surface area contributed by atoms with Crippen LogP contribution in [0.15, 0.2) is 53.5 Å². The van der Waals surface area contributed by atoms with Crippen molar-refractivity contribution in [3.63, 3.8) is 0 Å². The first kappa shape index (κ1) is 23.5. The second-order valence-corrected chi connectivity index (χ2v) is 11.0. The van der Waals surface area contributed by atoms with Gasteiger partial charge in [-0.15, -0.1) is 11.3 Å². The summed E-state index contributed by atoms with van der Waals surface area (Å²) >= 11 is 7.75. The van der Waals surface area contributed by atoms with Crippen molar-refractivity contribution >= 4 is 45.7 Å². The van der Waals surface area contributed by atoms with E-state index in [-0.39, 0.29) is 11.3 Å². The number of amides is 1. The van der Waals surface area contributed by atoms with Gasteiger partial charge in [0, 0.05) is 21.8 Å². The van der Waals surface area contributed by atoms with Crippen molar-refractivity contribution in [2.75, 3.05) is 12.4 Å². The number of benzene rings is 2. The summed E-state index contributed by atoms with van der Waals surface area (Å²) in [5, 5.41) is 4.36. The van der Waals surface area contributed by atoms with Crippen molar-refractivity contribution in [2.24, 2.45) is 16.3 Å². The van der Waals surface area contributed by atoms with Crippen molar-refractivity contribution < 1.29 is 9.53 Å². The molecule has 1 atom stereocenters. The third kappa shape index (κ3) is 5.48. The summed E-state index contributed by atoms with van der Waals surface area (Å²) in [6, 6.07) is 15.0. The minimum Gasteiger partial charge on any atom is -0.497 e. The fourth-order valence-electron chi connectivity index (χ4n) is 4.25. The van der Waals surface area contributed by atoms with Crippen molar-refractivity contribution in [3.05, 3.63) is 75.1 Å². The predicted octanol–water partition coefficient (Wildman–Crippen LogP) is 7.56. The number of fused-ring (bicyclic) bond motifs is 1. The number of nitrogens with one attached hydrogen (secondary N) is 1. The first-order chi connectivity index (χ1) is 15.7. The van der Waals surface area contributed by atoms with Crippen LogP contribution in [0.4, 0.5) is 10.7 Å². The van der Waals surface area contributed by atoms with Gasteiger partial charge in [0.25, 0.3) is 5.91 Å². The molecule has 3 aromatic rings. The van der Waals surface area contributed by atoms with Crippen LogP contribution in [0.25, 0.3) is 0 Å². The quantitative estimate of drug-likeness (QED) is 0.383. The van der Waals surface area contributed by atoms with Gasteiger partial charge in [-0.1, -0.05) is 50.6 Å². The summed E-state index contributed by atoms with van der Waals surface area (Å²) in [5.41, 5.74) is 3.65. The van der Waals surface area contributed by atoms with Gasteiger partial charge >= 0.3 is 0 Å². The number of carbonyl (C=O) groups excluding carboxylic acids is 1. The third-order valence-electron chi connectivity index (χ3n) is 6.21. The van der Waals surface area contributed by atoms with Crippen LogP contribution in [0.5, 0.6) is 5.75 Å². The Labute approximate surface area is 204 Å². The van der Waals surface area contributed by atoms with Crippen molar-refractivity contribution in [1.29, 1.82) is 0 Å². The monoisotopic (exact) mass is 480 g/mol. The van der Waals surface area contributed by atoms with E-state index in [9.17, 15) is 4.79 Å². The maximum Gasteiger partial charge on any atom is 0.259 e. The van der Waals surface area contributed by atoms with Gasteiger partial charge in [0.1, 0.15) is 10.8 Å². The predicted molar refractivity (Wildman–Crippen MR) is 139 cm³/mol. The van der Waals surface area contributed by atoms with Gasteiger partial charge in [-0.05, 0) is 72.1 Å².